The Balaban J connectivity index is 2.07. The topological polar surface area (TPSA) is 90.0 Å². The molecule has 10 heteroatoms. The average molecular weight is 555 g/mol. The van der Waals surface area contributed by atoms with Gasteiger partial charge in [-0.1, -0.05) is 60.2 Å². The van der Waals surface area contributed by atoms with Gasteiger partial charge in [0.05, 0.1) is 5.69 Å². The van der Waals surface area contributed by atoms with E-state index < -0.39 is 34.5 Å². The van der Waals surface area contributed by atoms with Crippen LogP contribution in [0.5, 0.6) is 0 Å². The van der Waals surface area contributed by atoms with E-state index >= 15 is 0 Å². The summed E-state index contributed by atoms with van der Waals surface area (Å²) in [5.74, 6) is -1.45. The van der Waals surface area contributed by atoms with E-state index in [0.717, 1.165) is 37.4 Å². The monoisotopic (exact) mass is 554 g/mol. The Kier molecular flexibility index (Phi) is 10.2. The van der Waals surface area contributed by atoms with Crippen LogP contribution in [0.25, 0.3) is 0 Å². The van der Waals surface area contributed by atoms with Crippen molar-refractivity contribution < 1.29 is 22.4 Å². The van der Waals surface area contributed by atoms with Gasteiger partial charge in [0.15, 0.2) is 0 Å². The summed E-state index contributed by atoms with van der Waals surface area (Å²) in [4.78, 5) is 28.8. The number of aryl methyl sites for hydroxylation is 1. The molecule has 0 aliphatic carbocycles. The number of benzene rings is 3. The quantitative estimate of drug-likeness (QED) is 0.371. The van der Waals surface area contributed by atoms with Gasteiger partial charge in [0.2, 0.25) is 11.8 Å². The minimum atomic E-state index is -4.13. The highest BCUT2D eigenvalue weighted by molar-refractivity contribution is 7.90. The summed E-state index contributed by atoms with van der Waals surface area (Å²) in [6.45, 7) is 3.61. The number of carbonyl (C=O) groups is 2. The van der Waals surface area contributed by atoms with Crippen molar-refractivity contribution in [2.75, 3.05) is 31.5 Å². The largest absolute Gasteiger partial charge is 0.355 e. The lowest BCUT2D eigenvalue weighted by atomic mass is 10.0. The lowest BCUT2D eigenvalue weighted by Gasteiger charge is -2.34. The maximum Gasteiger partial charge on any atom is 0.304 e. The van der Waals surface area contributed by atoms with Gasteiger partial charge in [-0.2, -0.15) is 12.7 Å². The highest BCUT2D eigenvalue weighted by Crippen LogP contribution is 2.22. The summed E-state index contributed by atoms with van der Waals surface area (Å²) in [6, 6.07) is 20.9. The van der Waals surface area contributed by atoms with Crippen LogP contribution in [0, 0.1) is 12.7 Å². The third-order valence-electron chi connectivity index (χ3n) is 6.19. The Morgan fingerprint density at radius 2 is 1.56 bits per heavy atom. The number of hydrogen-bond acceptors (Lipinski definition) is 4. The molecule has 0 bridgehead atoms. The Morgan fingerprint density at radius 3 is 2.15 bits per heavy atom. The second-order valence-electron chi connectivity index (χ2n) is 9.38. The number of amides is 2. The van der Waals surface area contributed by atoms with Gasteiger partial charge >= 0.3 is 10.2 Å². The molecule has 0 unspecified atom stereocenters. The van der Waals surface area contributed by atoms with Gasteiger partial charge in [0.25, 0.3) is 0 Å². The van der Waals surface area contributed by atoms with Crippen LogP contribution in [0.3, 0.4) is 0 Å². The minimum absolute atomic E-state index is 0.0917. The summed E-state index contributed by atoms with van der Waals surface area (Å²) in [7, 11) is -1.42. The number of carbonyl (C=O) groups excluding carboxylic acids is 2. The fourth-order valence-corrected chi connectivity index (χ4v) is 5.23. The molecule has 0 heterocycles. The van der Waals surface area contributed by atoms with Crippen LogP contribution in [0.1, 0.15) is 23.6 Å². The first-order valence-electron chi connectivity index (χ1n) is 12.6. The Labute approximate surface area is 230 Å². The predicted molar refractivity (Wildman–Crippen MR) is 151 cm³/mol. The number of rotatable bonds is 12. The van der Waals surface area contributed by atoms with E-state index in [9.17, 15) is 22.4 Å². The highest BCUT2D eigenvalue weighted by Gasteiger charge is 2.34. The summed E-state index contributed by atoms with van der Waals surface area (Å²) >= 11 is 0. The van der Waals surface area contributed by atoms with E-state index in [1.165, 1.54) is 31.1 Å². The number of hydrogen-bond donors (Lipinski definition) is 1. The van der Waals surface area contributed by atoms with Crippen molar-refractivity contribution in [1.82, 2.24) is 14.5 Å². The van der Waals surface area contributed by atoms with Gasteiger partial charge in [-0.05, 0) is 49.2 Å². The molecule has 2 amide bonds. The first-order chi connectivity index (χ1) is 18.5. The van der Waals surface area contributed by atoms with Crippen LogP contribution in [0.15, 0.2) is 78.9 Å². The van der Waals surface area contributed by atoms with Gasteiger partial charge in [-0.25, -0.2) is 8.70 Å². The third kappa shape index (κ3) is 7.87. The molecule has 0 radical (unpaired) electrons. The van der Waals surface area contributed by atoms with Crippen LogP contribution in [-0.2, 0) is 32.8 Å². The molecule has 0 fully saturated rings. The molecule has 8 nitrogen and oxygen atoms in total. The van der Waals surface area contributed by atoms with Crippen molar-refractivity contribution in [2.45, 2.75) is 32.9 Å². The molecular formula is C29H35FN4O4S. The zero-order chi connectivity index (χ0) is 28.6. The number of likely N-dealkylation sites (N-methyl/N-ethyl adjacent to an activating group) is 1. The molecule has 0 aromatic heterocycles. The standard InChI is InChI=1S/C29H35FN4O4S/c1-5-31-29(36)27(19-23-11-7-6-8-12-23)33(20-24-13-9-10-22(2)18-24)28(35)21-34(39(37,38)32(3)4)26-16-14-25(30)15-17-26/h6-18,27H,5,19-21H2,1-4H3,(H,31,36)/t27-/m1/s1. The number of halogens is 1. The molecule has 0 aliphatic heterocycles. The molecule has 3 rings (SSSR count). The van der Waals surface area contributed by atoms with Crippen molar-refractivity contribution in [3.05, 3.63) is 101 Å². The van der Waals surface area contributed by atoms with Gasteiger partial charge in [0, 0.05) is 33.6 Å². The normalized spacial score (nSPS) is 12.2. The molecule has 0 saturated carbocycles. The van der Waals surface area contributed by atoms with E-state index in [2.05, 4.69) is 5.32 Å². The lowest BCUT2D eigenvalue weighted by molar-refractivity contribution is -0.140. The van der Waals surface area contributed by atoms with Crippen molar-refractivity contribution >= 4 is 27.7 Å². The first-order valence-corrected chi connectivity index (χ1v) is 14.0. The summed E-state index contributed by atoms with van der Waals surface area (Å²) in [6.07, 6.45) is 0.237. The molecule has 0 saturated heterocycles. The second kappa shape index (κ2) is 13.3. The molecule has 39 heavy (non-hydrogen) atoms. The van der Waals surface area contributed by atoms with Crippen LogP contribution < -0.4 is 9.62 Å². The molecule has 1 N–H and O–H groups in total. The first kappa shape index (κ1) is 29.8. The molecule has 1 atom stereocenters. The highest BCUT2D eigenvalue weighted by atomic mass is 32.2. The van der Waals surface area contributed by atoms with Gasteiger partial charge in [0.1, 0.15) is 18.4 Å². The molecule has 3 aromatic carbocycles. The fourth-order valence-electron chi connectivity index (χ4n) is 4.18. The number of nitrogens with zero attached hydrogens (tertiary/aromatic N) is 3. The van der Waals surface area contributed by atoms with Crippen molar-refractivity contribution in [3.63, 3.8) is 0 Å². The number of nitrogens with one attached hydrogen (secondary N) is 1. The molecule has 0 aliphatic rings. The maximum absolute atomic E-state index is 14.0. The average Bonchev–Trinajstić information content (AvgIpc) is 2.90. The van der Waals surface area contributed by atoms with Crippen molar-refractivity contribution in [2.24, 2.45) is 0 Å². The zero-order valence-corrected chi connectivity index (χ0v) is 23.5. The van der Waals surface area contributed by atoms with Crippen LogP contribution in [0.2, 0.25) is 0 Å². The van der Waals surface area contributed by atoms with E-state index in [4.69, 9.17) is 0 Å². The molecule has 3 aromatic rings. The smallest absolute Gasteiger partial charge is 0.304 e. The SMILES string of the molecule is CCNC(=O)[C@@H](Cc1ccccc1)N(Cc1cccc(C)c1)C(=O)CN(c1ccc(F)cc1)S(=O)(=O)N(C)C. The summed E-state index contributed by atoms with van der Waals surface area (Å²) < 4.78 is 42.1. The predicted octanol–water partition coefficient (Wildman–Crippen LogP) is 3.52. The van der Waals surface area contributed by atoms with E-state index in [1.54, 1.807) is 6.92 Å². The summed E-state index contributed by atoms with van der Waals surface area (Å²) in [5.41, 5.74) is 2.77. The minimum Gasteiger partial charge on any atom is -0.355 e. The van der Waals surface area contributed by atoms with Crippen LogP contribution in [0.4, 0.5) is 10.1 Å². The van der Waals surface area contributed by atoms with Crippen molar-refractivity contribution in [3.8, 4) is 0 Å². The molecule has 208 valence electrons. The summed E-state index contributed by atoms with van der Waals surface area (Å²) in [5, 5.41) is 2.82. The van der Waals surface area contributed by atoms with E-state index in [-0.39, 0.29) is 24.6 Å². The molecular weight excluding hydrogens is 519 g/mol. The zero-order valence-electron chi connectivity index (χ0n) is 22.7. The number of anilines is 1. The Hall–Kier alpha value is -3.76. The van der Waals surface area contributed by atoms with Gasteiger partial charge in [-0.3, -0.25) is 9.59 Å². The van der Waals surface area contributed by atoms with Gasteiger partial charge in [-0.15, -0.1) is 0 Å². The second-order valence-corrected chi connectivity index (χ2v) is 11.5. The van der Waals surface area contributed by atoms with E-state index in [0.29, 0.717) is 6.54 Å². The van der Waals surface area contributed by atoms with E-state index in [1.807, 2.05) is 61.5 Å². The molecule has 0 spiro atoms. The van der Waals surface area contributed by atoms with Gasteiger partial charge < -0.3 is 10.2 Å². The Bertz CT molecular complexity index is 1370. The fraction of sp³-hybridized carbons (Fsp3) is 0.310. The van der Waals surface area contributed by atoms with Crippen LogP contribution >= 0.6 is 0 Å². The van der Waals surface area contributed by atoms with Crippen LogP contribution in [-0.4, -0.2) is 62.7 Å². The third-order valence-corrected chi connectivity index (χ3v) is 8.01. The Morgan fingerprint density at radius 1 is 0.923 bits per heavy atom. The van der Waals surface area contributed by atoms with Crippen molar-refractivity contribution in [1.29, 1.82) is 0 Å². The lowest BCUT2D eigenvalue weighted by Crippen LogP contribution is -2.54. The maximum atomic E-state index is 14.0.